The average Bonchev–Trinajstić information content (AvgIpc) is 3.72. The molecule has 0 radical (unpaired) electrons. The van der Waals surface area contributed by atoms with E-state index < -0.39 is 11.8 Å². The van der Waals surface area contributed by atoms with E-state index in [-0.39, 0.29) is 12.1 Å². The Labute approximate surface area is 291 Å². The molecule has 0 aliphatic carbocycles. The fourth-order valence-electron chi connectivity index (χ4n) is 8.44. The van der Waals surface area contributed by atoms with Crippen molar-refractivity contribution in [1.82, 2.24) is 9.97 Å². The Balaban J connectivity index is 1.28. The van der Waals surface area contributed by atoms with Crippen LogP contribution in [-0.4, -0.2) is 28.4 Å². The summed E-state index contributed by atoms with van der Waals surface area (Å²) in [4.78, 5) is 16.3. The maximum absolute atomic E-state index is 17.4. The van der Waals surface area contributed by atoms with E-state index >= 15 is 4.39 Å². The van der Waals surface area contributed by atoms with Crippen LogP contribution >= 0.6 is 0 Å². The van der Waals surface area contributed by atoms with Gasteiger partial charge in [0.25, 0.3) is 6.42 Å². The minimum Gasteiger partial charge on any atom is -0.301 e. The van der Waals surface area contributed by atoms with Crippen molar-refractivity contribution in [2.45, 2.75) is 44.2 Å². The Hall–Kier alpha value is -6.02. The van der Waals surface area contributed by atoms with Gasteiger partial charge >= 0.3 is 0 Å². The van der Waals surface area contributed by atoms with Crippen LogP contribution in [0.2, 0.25) is 0 Å². The average molecular weight is 658 g/mol. The van der Waals surface area contributed by atoms with Gasteiger partial charge < -0.3 is 9.80 Å². The summed E-state index contributed by atoms with van der Waals surface area (Å²) in [6.45, 7) is 4.58. The maximum atomic E-state index is 17.4. The number of hydrogen-bond acceptors (Lipinski definition) is 7. The minimum atomic E-state index is -1.58. The van der Waals surface area contributed by atoms with Gasteiger partial charge in [-0.25, -0.2) is 15.0 Å². The number of para-hydroxylation sites is 4. The second-order valence-corrected chi connectivity index (χ2v) is 13.1. The van der Waals surface area contributed by atoms with E-state index in [0.717, 1.165) is 51.9 Å². The highest BCUT2D eigenvalue weighted by Crippen LogP contribution is 2.62. The number of hydrogen-bond donors (Lipinski definition) is 0. The highest BCUT2D eigenvalue weighted by molar-refractivity contribution is 6.12. The molecular formula is C42H36FN7. The summed E-state index contributed by atoms with van der Waals surface area (Å²) in [7, 11) is 0. The lowest BCUT2D eigenvalue weighted by Gasteiger charge is -2.54. The van der Waals surface area contributed by atoms with Gasteiger partial charge in [-0.2, -0.15) is 4.39 Å². The standard InChI is InChI=1S/C42H36FN7/c1-3-33-32-23-13-15-25-35(32)49-39-38(44-27-28-45-39)47(30-19-9-5-10-20-30)40(49)42(33,2)34-24-14-16-26-36(34)50-41(43)48(31-21-11-6-12-22-31)37(46-50)29-17-7-4-8-18-29/h4-28,33,40-41H,3H2,1-2H3. The summed E-state index contributed by atoms with van der Waals surface area (Å²) in [5.74, 6) is 2.21. The number of anilines is 6. The molecule has 4 unspecified atom stereocenters. The van der Waals surface area contributed by atoms with Gasteiger partial charge in [0, 0.05) is 40.4 Å². The zero-order valence-electron chi connectivity index (χ0n) is 27.9. The minimum absolute atomic E-state index is 0.0603. The van der Waals surface area contributed by atoms with Crippen LogP contribution in [0.5, 0.6) is 0 Å². The Kier molecular flexibility index (Phi) is 7.12. The molecule has 9 rings (SSSR count). The SMILES string of the molecule is CCC1c2ccccc2N2c3nccnc3N(c3ccccc3)C2C1(C)c1ccccc1N1N=C(c2ccccc2)N(c2ccccc2)C1F. The number of fused-ring (bicyclic) bond motifs is 5. The Morgan fingerprint density at radius 1 is 0.620 bits per heavy atom. The lowest BCUT2D eigenvalue weighted by Crippen LogP contribution is -2.59. The van der Waals surface area contributed by atoms with Crippen molar-refractivity contribution in [3.63, 3.8) is 0 Å². The number of halogens is 1. The first-order valence-corrected chi connectivity index (χ1v) is 17.2. The predicted octanol–water partition coefficient (Wildman–Crippen LogP) is 9.50. The molecule has 4 heterocycles. The lowest BCUT2D eigenvalue weighted by molar-refractivity contribution is 0.287. The molecule has 0 bridgehead atoms. The summed E-state index contributed by atoms with van der Waals surface area (Å²) >= 11 is 0. The van der Waals surface area contributed by atoms with Crippen molar-refractivity contribution in [1.29, 1.82) is 0 Å². The van der Waals surface area contributed by atoms with Crippen LogP contribution in [0.25, 0.3) is 0 Å². The Bertz CT molecular complexity index is 2200. The van der Waals surface area contributed by atoms with Crippen molar-refractivity contribution in [2.75, 3.05) is 19.7 Å². The number of amidine groups is 1. The summed E-state index contributed by atoms with van der Waals surface area (Å²) < 4.78 is 17.4. The molecule has 8 heteroatoms. The van der Waals surface area contributed by atoms with E-state index in [9.17, 15) is 0 Å². The second kappa shape index (κ2) is 11.8. The summed E-state index contributed by atoms with van der Waals surface area (Å²) in [5, 5.41) is 6.67. The first-order chi connectivity index (χ1) is 24.6. The molecule has 0 saturated heterocycles. The summed E-state index contributed by atoms with van der Waals surface area (Å²) in [6.07, 6.45) is 2.53. The number of benzene rings is 5. The van der Waals surface area contributed by atoms with Crippen molar-refractivity contribution < 1.29 is 4.39 Å². The molecule has 0 fully saturated rings. The topological polar surface area (TPSA) is 51.1 Å². The lowest BCUT2D eigenvalue weighted by atomic mass is 9.62. The van der Waals surface area contributed by atoms with E-state index in [2.05, 4.69) is 84.3 Å². The largest absolute Gasteiger partial charge is 0.301 e. The van der Waals surface area contributed by atoms with Gasteiger partial charge in [-0.15, -0.1) is 5.10 Å². The fourth-order valence-corrected chi connectivity index (χ4v) is 8.44. The molecule has 6 aromatic rings. The van der Waals surface area contributed by atoms with E-state index in [1.165, 1.54) is 5.56 Å². The second-order valence-electron chi connectivity index (χ2n) is 13.1. The van der Waals surface area contributed by atoms with Gasteiger partial charge in [0.15, 0.2) is 17.5 Å². The first kappa shape index (κ1) is 30.1. The number of rotatable bonds is 6. The van der Waals surface area contributed by atoms with E-state index in [4.69, 9.17) is 15.1 Å². The molecule has 3 aliphatic rings. The molecule has 5 aromatic carbocycles. The van der Waals surface area contributed by atoms with Crippen LogP contribution in [0.4, 0.5) is 38.8 Å². The van der Waals surface area contributed by atoms with Crippen LogP contribution < -0.4 is 19.7 Å². The molecule has 0 spiro atoms. The Morgan fingerprint density at radius 3 is 1.82 bits per heavy atom. The van der Waals surface area contributed by atoms with E-state index in [0.29, 0.717) is 5.84 Å². The van der Waals surface area contributed by atoms with Gasteiger partial charge in [-0.05, 0) is 59.9 Å². The third kappa shape index (κ3) is 4.37. The van der Waals surface area contributed by atoms with Crippen LogP contribution in [-0.2, 0) is 5.41 Å². The van der Waals surface area contributed by atoms with E-state index in [1.54, 1.807) is 22.3 Å². The van der Waals surface area contributed by atoms with Crippen molar-refractivity contribution in [3.05, 3.63) is 169 Å². The predicted molar refractivity (Wildman–Crippen MR) is 199 cm³/mol. The third-order valence-corrected chi connectivity index (χ3v) is 10.5. The number of alkyl halides is 1. The fraction of sp³-hybridized carbons (Fsp3) is 0.167. The van der Waals surface area contributed by atoms with Crippen molar-refractivity contribution >= 4 is 40.2 Å². The summed E-state index contributed by atoms with van der Waals surface area (Å²) in [5.41, 5.74) is 6.04. The molecule has 0 N–H and O–H groups in total. The molecule has 246 valence electrons. The van der Waals surface area contributed by atoms with Crippen LogP contribution in [0.1, 0.15) is 42.9 Å². The van der Waals surface area contributed by atoms with Gasteiger partial charge in [0.2, 0.25) is 0 Å². The maximum Gasteiger partial charge on any atom is 0.274 e. The molecule has 50 heavy (non-hydrogen) atoms. The van der Waals surface area contributed by atoms with Gasteiger partial charge in [0.05, 0.1) is 5.69 Å². The monoisotopic (exact) mass is 657 g/mol. The quantitative estimate of drug-likeness (QED) is 0.166. The molecule has 7 nitrogen and oxygen atoms in total. The van der Waals surface area contributed by atoms with Crippen molar-refractivity contribution in [2.24, 2.45) is 5.10 Å². The number of hydrazone groups is 1. The highest BCUT2D eigenvalue weighted by Gasteiger charge is 2.59. The zero-order chi connectivity index (χ0) is 33.8. The number of nitrogens with zero attached hydrogens (tertiary/aromatic N) is 7. The summed E-state index contributed by atoms with van der Waals surface area (Å²) in [6, 6.07) is 46.8. The molecule has 3 aliphatic heterocycles. The molecule has 0 amide bonds. The van der Waals surface area contributed by atoms with Gasteiger partial charge in [0.1, 0.15) is 6.17 Å². The van der Waals surface area contributed by atoms with Gasteiger partial charge in [-0.1, -0.05) is 117 Å². The third-order valence-electron chi connectivity index (χ3n) is 10.5. The highest BCUT2D eigenvalue weighted by atomic mass is 19.1. The van der Waals surface area contributed by atoms with Crippen LogP contribution in [0.3, 0.4) is 0 Å². The zero-order valence-corrected chi connectivity index (χ0v) is 27.9. The first-order valence-electron chi connectivity index (χ1n) is 17.2. The van der Waals surface area contributed by atoms with Crippen LogP contribution in [0, 0.1) is 0 Å². The smallest absolute Gasteiger partial charge is 0.274 e. The molecule has 4 atom stereocenters. The number of aromatic nitrogens is 2. The normalized spacial score (nSPS) is 22.2. The molecular weight excluding hydrogens is 622 g/mol. The van der Waals surface area contributed by atoms with Crippen LogP contribution in [0.15, 0.2) is 157 Å². The molecule has 1 aromatic heterocycles. The van der Waals surface area contributed by atoms with E-state index in [1.807, 2.05) is 78.9 Å². The van der Waals surface area contributed by atoms with Gasteiger partial charge in [-0.3, -0.25) is 4.90 Å². The van der Waals surface area contributed by atoms with Crippen molar-refractivity contribution in [3.8, 4) is 0 Å². The molecule has 0 saturated carbocycles. The Morgan fingerprint density at radius 2 is 1.16 bits per heavy atom.